The summed E-state index contributed by atoms with van der Waals surface area (Å²) in [5.41, 5.74) is 3.99. The van der Waals surface area contributed by atoms with E-state index < -0.39 is 11.9 Å². The average Bonchev–Trinajstić information content (AvgIpc) is 1.92. The van der Waals surface area contributed by atoms with Crippen molar-refractivity contribution in [3.63, 3.8) is 0 Å². The second-order valence-corrected chi connectivity index (χ2v) is 2.72. The van der Waals surface area contributed by atoms with Crippen molar-refractivity contribution in [2.75, 3.05) is 5.73 Å². The lowest BCUT2D eigenvalue weighted by Gasteiger charge is -2.04. The number of hydrogen-bond donors (Lipinski definition) is 1. The second-order valence-electron chi connectivity index (χ2n) is 1.97. The van der Waals surface area contributed by atoms with E-state index in [2.05, 4.69) is 26.1 Å². The van der Waals surface area contributed by atoms with E-state index in [4.69, 9.17) is 5.73 Å². The molecule has 0 saturated carbocycles. The number of rotatable bonds is 0. The lowest BCUT2D eigenvalue weighted by atomic mass is 10.3. The molecular formula is C5H3BrF3N3. The number of nitrogens with two attached hydrogens (primary N) is 1. The summed E-state index contributed by atoms with van der Waals surface area (Å²) >= 11 is 2.83. The maximum absolute atomic E-state index is 11.9. The molecule has 0 aliphatic heterocycles. The average molecular weight is 242 g/mol. The topological polar surface area (TPSA) is 51.8 Å². The maximum Gasteiger partial charge on any atom is 0.435 e. The minimum atomic E-state index is -4.50. The van der Waals surface area contributed by atoms with Gasteiger partial charge in [-0.25, -0.2) is 0 Å². The van der Waals surface area contributed by atoms with Crippen LogP contribution in [-0.4, -0.2) is 10.2 Å². The third-order valence-electron chi connectivity index (χ3n) is 1.07. The number of aromatic nitrogens is 2. The third kappa shape index (κ3) is 1.84. The Morgan fingerprint density at radius 3 is 2.33 bits per heavy atom. The summed E-state index contributed by atoms with van der Waals surface area (Å²) in [5, 5.41) is 6.08. The van der Waals surface area contributed by atoms with Crippen molar-refractivity contribution in [1.82, 2.24) is 10.2 Å². The second kappa shape index (κ2) is 2.89. The fourth-order valence-corrected chi connectivity index (χ4v) is 0.723. The molecule has 7 heteroatoms. The van der Waals surface area contributed by atoms with E-state index in [-0.39, 0.29) is 10.3 Å². The summed E-state index contributed by atoms with van der Waals surface area (Å²) in [5.74, 6) is 0. The Kier molecular flexibility index (Phi) is 2.22. The Labute approximate surface area is 73.9 Å². The number of hydrogen-bond acceptors (Lipinski definition) is 3. The molecule has 1 rings (SSSR count). The molecule has 0 saturated heterocycles. The Morgan fingerprint density at radius 1 is 1.33 bits per heavy atom. The fourth-order valence-electron chi connectivity index (χ4n) is 0.530. The van der Waals surface area contributed by atoms with Crippen molar-refractivity contribution in [1.29, 1.82) is 0 Å². The Balaban J connectivity index is 3.14. The zero-order valence-corrected chi connectivity index (χ0v) is 7.15. The van der Waals surface area contributed by atoms with Gasteiger partial charge in [-0.05, 0) is 22.0 Å². The van der Waals surface area contributed by atoms with E-state index in [9.17, 15) is 13.2 Å². The van der Waals surface area contributed by atoms with Crippen molar-refractivity contribution in [3.05, 3.63) is 16.4 Å². The predicted octanol–water partition coefficient (Wildman–Crippen LogP) is 1.84. The molecule has 0 unspecified atom stereocenters. The molecule has 12 heavy (non-hydrogen) atoms. The molecule has 0 spiro atoms. The highest BCUT2D eigenvalue weighted by Gasteiger charge is 2.33. The minimum Gasteiger partial charge on any atom is -0.396 e. The lowest BCUT2D eigenvalue weighted by Crippen LogP contribution is -2.10. The van der Waals surface area contributed by atoms with Gasteiger partial charge in [0.15, 0.2) is 10.3 Å². The fraction of sp³-hybridized carbons (Fsp3) is 0.200. The van der Waals surface area contributed by atoms with Crippen LogP contribution < -0.4 is 5.73 Å². The first-order chi connectivity index (χ1) is 5.41. The zero-order chi connectivity index (χ0) is 9.35. The number of nitrogen functional groups attached to an aromatic ring is 1. The number of alkyl halides is 3. The Bertz CT molecular complexity index is 298. The molecule has 2 N–H and O–H groups in total. The van der Waals surface area contributed by atoms with Crippen molar-refractivity contribution in [2.45, 2.75) is 6.18 Å². The largest absolute Gasteiger partial charge is 0.435 e. The smallest absolute Gasteiger partial charge is 0.396 e. The third-order valence-corrected chi connectivity index (χ3v) is 1.68. The molecule has 0 fully saturated rings. The van der Waals surface area contributed by atoms with E-state index in [1.54, 1.807) is 0 Å². The first kappa shape index (κ1) is 9.24. The van der Waals surface area contributed by atoms with Crippen molar-refractivity contribution >= 4 is 21.6 Å². The van der Waals surface area contributed by atoms with Gasteiger partial charge in [-0.1, -0.05) is 0 Å². The molecule has 0 aliphatic rings. The van der Waals surface area contributed by atoms with Crippen molar-refractivity contribution < 1.29 is 13.2 Å². The van der Waals surface area contributed by atoms with Crippen LogP contribution in [0.3, 0.4) is 0 Å². The van der Waals surface area contributed by atoms with Crippen LogP contribution in [-0.2, 0) is 6.18 Å². The molecule has 66 valence electrons. The van der Waals surface area contributed by atoms with Crippen LogP contribution in [0, 0.1) is 0 Å². The summed E-state index contributed by atoms with van der Waals surface area (Å²) in [7, 11) is 0. The normalized spacial score (nSPS) is 11.7. The van der Waals surface area contributed by atoms with Crippen molar-refractivity contribution in [3.8, 4) is 0 Å². The number of halogens is 4. The summed E-state index contributed by atoms with van der Waals surface area (Å²) in [6, 6.07) is 0.719. The van der Waals surface area contributed by atoms with Gasteiger partial charge in [-0.2, -0.15) is 13.2 Å². The molecule has 0 atom stereocenters. The maximum atomic E-state index is 11.9. The van der Waals surface area contributed by atoms with E-state index in [1.807, 2.05) is 0 Å². The first-order valence-corrected chi connectivity index (χ1v) is 3.56. The number of nitrogens with zero attached hydrogens (tertiary/aromatic N) is 2. The van der Waals surface area contributed by atoms with Gasteiger partial charge in [-0.3, -0.25) is 0 Å². The molecule has 1 heterocycles. The molecule has 0 radical (unpaired) electrons. The van der Waals surface area contributed by atoms with Crippen LogP contribution in [0.25, 0.3) is 0 Å². The van der Waals surface area contributed by atoms with Crippen LogP contribution in [0.15, 0.2) is 10.7 Å². The Morgan fingerprint density at radius 2 is 1.92 bits per heavy atom. The highest BCUT2D eigenvalue weighted by atomic mass is 79.9. The molecule has 0 aromatic carbocycles. The first-order valence-electron chi connectivity index (χ1n) is 2.77. The van der Waals surface area contributed by atoms with E-state index in [0.717, 1.165) is 6.07 Å². The van der Waals surface area contributed by atoms with E-state index >= 15 is 0 Å². The van der Waals surface area contributed by atoms with Crippen LogP contribution in [0.5, 0.6) is 0 Å². The van der Waals surface area contributed by atoms with Crippen LogP contribution in [0.4, 0.5) is 18.9 Å². The van der Waals surface area contributed by atoms with Gasteiger partial charge in [0, 0.05) is 0 Å². The van der Waals surface area contributed by atoms with Crippen LogP contribution in [0.1, 0.15) is 5.69 Å². The Hall–Kier alpha value is -0.850. The predicted molar refractivity (Wildman–Crippen MR) is 39.1 cm³/mol. The summed E-state index contributed by atoms with van der Waals surface area (Å²) in [6.07, 6.45) is -4.50. The van der Waals surface area contributed by atoms with E-state index in [1.165, 1.54) is 0 Å². The highest BCUT2D eigenvalue weighted by molar-refractivity contribution is 9.10. The van der Waals surface area contributed by atoms with Gasteiger partial charge in [-0.15, -0.1) is 10.2 Å². The van der Waals surface area contributed by atoms with Crippen LogP contribution >= 0.6 is 15.9 Å². The summed E-state index contributed by atoms with van der Waals surface area (Å²) in [6.45, 7) is 0. The highest BCUT2D eigenvalue weighted by Crippen LogP contribution is 2.29. The minimum absolute atomic E-state index is 0.0858. The molecular weight excluding hydrogens is 239 g/mol. The molecule has 3 nitrogen and oxygen atoms in total. The molecule has 0 bridgehead atoms. The van der Waals surface area contributed by atoms with E-state index in [0.29, 0.717) is 0 Å². The van der Waals surface area contributed by atoms with Gasteiger partial charge in [0.1, 0.15) is 0 Å². The molecule has 0 aliphatic carbocycles. The van der Waals surface area contributed by atoms with Gasteiger partial charge in [0.25, 0.3) is 0 Å². The molecule has 1 aromatic heterocycles. The van der Waals surface area contributed by atoms with Crippen molar-refractivity contribution in [2.24, 2.45) is 0 Å². The van der Waals surface area contributed by atoms with Gasteiger partial charge >= 0.3 is 6.18 Å². The SMILES string of the molecule is Nc1cc(C(F)(F)F)nnc1Br. The monoisotopic (exact) mass is 241 g/mol. The van der Waals surface area contributed by atoms with Gasteiger partial charge in [0.05, 0.1) is 5.69 Å². The van der Waals surface area contributed by atoms with Gasteiger partial charge in [0.2, 0.25) is 0 Å². The number of anilines is 1. The summed E-state index contributed by atoms with van der Waals surface area (Å²) in [4.78, 5) is 0. The molecule has 0 amide bonds. The quantitative estimate of drug-likeness (QED) is 0.755. The molecule has 1 aromatic rings. The standard InChI is InChI=1S/C5H3BrF3N3/c6-4-2(10)1-3(11-12-4)5(7,8)9/h1H,(H2,10,11). The summed E-state index contributed by atoms with van der Waals surface area (Å²) < 4.78 is 35.9. The zero-order valence-electron chi connectivity index (χ0n) is 5.56. The lowest BCUT2D eigenvalue weighted by molar-refractivity contribution is -0.141. The van der Waals surface area contributed by atoms with Crippen LogP contribution in [0.2, 0.25) is 0 Å². The van der Waals surface area contributed by atoms with Gasteiger partial charge < -0.3 is 5.73 Å².